The van der Waals surface area contributed by atoms with Gasteiger partial charge in [0.2, 0.25) is 0 Å². The van der Waals surface area contributed by atoms with Gasteiger partial charge in [0.1, 0.15) is 0 Å². The SMILES string of the molecule is [2H]c1c([2H])c([2H])c(-c2nc(-c3cccc(-n4c5cc(-n6c7ccccc7c7ccccc76)ccc5c5cc6sc7ccccc7c6cc54)c3)nc(-c3c([2H])c([2H])c([2H])c([2H])c3[2H])n2)c([2H])c1[2H]. The summed E-state index contributed by atoms with van der Waals surface area (Å²) in [7, 11) is 0. The molecule has 4 aromatic heterocycles. The lowest BCUT2D eigenvalue weighted by Gasteiger charge is -2.13. The first-order valence-corrected chi connectivity index (χ1v) is 19.1. The minimum absolute atomic E-state index is 0.0153. The van der Waals surface area contributed by atoms with Crippen LogP contribution < -0.4 is 0 Å². The van der Waals surface area contributed by atoms with Crippen molar-refractivity contribution in [3.63, 3.8) is 0 Å². The molecule has 0 saturated heterocycles. The van der Waals surface area contributed by atoms with Gasteiger partial charge >= 0.3 is 0 Å². The van der Waals surface area contributed by atoms with Gasteiger partial charge in [0.25, 0.3) is 0 Å². The van der Waals surface area contributed by atoms with Gasteiger partial charge in [-0.05, 0) is 54.6 Å². The quantitative estimate of drug-likeness (QED) is 0.176. The van der Waals surface area contributed by atoms with Crippen LogP contribution in [0, 0.1) is 0 Å². The number of hydrogen-bond acceptors (Lipinski definition) is 4. The van der Waals surface area contributed by atoms with Crippen molar-refractivity contribution < 1.29 is 13.7 Å². The van der Waals surface area contributed by atoms with Gasteiger partial charge in [-0.1, -0.05) is 133 Å². The molecule has 0 atom stereocenters. The van der Waals surface area contributed by atoms with Gasteiger partial charge in [-0.25, -0.2) is 15.0 Å². The van der Waals surface area contributed by atoms with Crippen molar-refractivity contribution in [2.24, 2.45) is 0 Å². The van der Waals surface area contributed by atoms with E-state index in [4.69, 9.17) is 23.7 Å². The number of rotatable bonds is 5. The third kappa shape index (κ3) is 5.04. The highest BCUT2D eigenvalue weighted by Crippen LogP contribution is 2.42. The minimum Gasteiger partial charge on any atom is -0.309 e. The van der Waals surface area contributed by atoms with Gasteiger partial charge < -0.3 is 9.13 Å². The lowest BCUT2D eigenvalue weighted by molar-refractivity contribution is 1.07. The van der Waals surface area contributed by atoms with E-state index in [1.54, 1.807) is 17.4 Å². The van der Waals surface area contributed by atoms with E-state index in [0.717, 1.165) is 70.5 Å². The highest BCUT2D eigenvalue weighted by atomic mass is 32.1. The minimum atomic E-state index is -0.608. The first kappa shape index (κ1) is 23.5. The fraction of sp³-hybridized carbons (Fsp3) is 0. The topological polar surface area (TPSA) is 48.5 Å². The van der Waals surface area contributed by atoms with Gasteiger partial charge in [0.05, 0.1) is 35.8 Å². The lowest BCUT2D eigenvalue weighted by atomic mass is 10.1. The van der Waals surface area contributed by atoms with Gasteiger partial charge in [-0.3, -0.25) is 0 Å². The van der Waals surface area contributed by atoms with Gasteiger partial charge in [0.15, 0.2) is 17.5 Å². The number of aromatic nitrogens is 5. The van der Waals surface area contributed by atoms with Crippen LogP contribution in [0.15, 0.2) is 188 Å². The van der Waals surface area contributed by atoms with Crippen molar-refractivity contribution >= 4 is 75.1 Å². The van der Waals surface area contributed by atoms with Crippen LogP contribution in [-0.2, 0) is 0 Å². The second kappa shape index (κ2) is 12.6. The molecule has 0 spiro atoms. The Bertz CT molecular complexity index is 3940. The van der Waals surface area contributed by atoms with Crippen LogP contribution in [0.5, 0.6) is 0 Å². The highest BCUT2D eigenvalue weighted by molar-refractivity contribution is 7.25. The Morgan fingerprint density at radius 1 is 0.368 bits per heavy atom. The van der Waals surface area contributed by atoms with Crippen molar-refractivity contribution in [2.75, 3.05) is 0 Å². The molecule has 0 N–H and O–H groups in total. The summed E-state index contributed by atoms with van der Waals surface area (Å²) in [5, 5.41) is 6.60. The number of benzene rings is 8. The Labute approximate surface area is 345 Å². The molecule has 6 heteroatoms. The Hall–Kier alpha value is -7.41. The van der Waals surface area contributed by atoms with E-state index in [9.17, 15) is 0 Å². The van der Waals surface area contributed by atoms with Crippen molar-refractivity contribution in [1.82, 2.24) is 24.1 Å². The molecule has 0 aliphatic heterocycles. The first-order chi connectivity index (χ1) is 32.4. The standard InChI is InChI=1S/C51H31N5S/c1-3-14-32(15-4-1)49-52-50(33-16-5-2-6-17-33)54-51(53-49)34-18-13-19-35(28-34)56-45-29-36(55-43-23-10-7-20-37(43)38-21-8-11-24-44(38)55)26-27-39(45)41-31-48-42(30-46(41)56)40-22-9-12-25-47(40)57-48/h1-31H/i1D,2D,3D,4D,5D,6D,14D,15D,16D,17D. The molecular formula is C51H31N5S. The maximum atomic E-state index is 8.80. The van der Waals surface area contributed by atoms with Crippen LogP contribution in [0.1, 0.15) is 13.7 Å². The predicted molar refractivity (Wildman–Crippen MR) is 238 cm³/mol. The fourth-order valence-electron chi connectivity index (χ4n) is 8.08. The van der Waals surface area contributed by atoms with Crippen LogP contribution >= 0.6 is 11.3 Å². The molecule has 0 fully saturated rings. The molecule has 0 aliphatic rings. The number of fused-ring (bicyclic) bond motifs is 9. The van der Waals surface area contributed by atoms with Crippen molar-refractivity contribution in [3.8, 4) is 45.5 Å². The van der Waals surface area contributed by atoms with Gasteiger partial charge in [-0.2, -0.15) is 0 Å². The Morgan fingerprint density at radius 2 is 0.912 bits per heavy atom. The molecule has 0 bridgehead atoms. The van der Waals surface area contributed by atoms with E-state index in [0.29, 0.717) is 5.56 Å². The average molecular weight is 756 g/mol. The van der Waals surface area contributed by atoms with Crippen molar-refractivity contribution in [2.45, 2.75) is 0 Å². The highest BCUT2D eigenvalue weighted by Gasteiger charge is 2.20. The number of thiophene rings is 1. The van der Waals surface area contributed by atoms with E-state index < -0.39 is 60.4 Å². The van der Waals surface area contributed by atoms with E-state index in [1.807, 2.05) is 42.5 Å². The zero-order chi connectivity index (χ0) is 46.2. The normalized spacial score (nSPS) is 14.3. The van der Waals surface area contributed by atoms with E-state index in [2.05, 4.69) is 93.0 Å². The van der Waals surface area contributed by atoms with Gasteiger partial charge in [-0.15, -0.1) is 11.3 Å². The summed E-state index contributed by atoms with van der Waals surface area (Å²) in [5.74, 6) is -0.666. The zero-order valence-electron chi connectivity index (χ0n) is 39.8. The summed E-state index contributed by atoms with van der Waals surface area (Å²) in [4.78, 5) is 13.9. The third-order valence-electron chi connectivity index (χ3n) is 10.5. The molecule has 266 valence electrons. The summed E-state index contributed by atoms with van der Waals surface area (Å²) in [6.45, 7) is 0. The van der Waals surface area contributed by atoms with Crippen LogP contribution in [0.3, 0.4) is 0 Å². The Kier molecular flexibility index (Phi) is 5.18. The summed E-state index contributed by atoms with van der Waals surface area (Å²) in [6.07, 6.45) is 0. The Balaban J connectivity index is 1.14. The van der Waals surface area contributed by atoms with Gasteiger partial charge in [0, 0.05) is 69.8 Å². The largest absolute Gasteiger partial charge is 0.309 e. The summed E-state index contributed by atoms with van der Waals surface area (Å²) in [6, 6.07) is 37.6. The summed E-state index contributed by atoms with van der Waals surface area (Å²) in [5.41, 5.74) is 5.46. The zero-order valence-corrected chi connectivity index (χ0v) is 30.6. The predicted octanol–water partition coefficient (Wildman–Crippen LogP) is 13.4. The fourth-order valence-corrected chi connectivity index (χ4v) is 9.20. The van der Waals surface area contributed by atoms with E-state index >= 15 is 0 Å². The second-order valence-electron chi connectivity index (χ2n) is 13.7. The molecule has 5 nitrogen and oxygen atoms in total. The molecular weight excluding hydrogens is 715 g/mol. The monoisotopic (exact) mass is 755 g/mol. The van der Waals surface area contributed by atoms with Crippen LogP contribution in [0.25, 0.3) is 109 Å². The molecule has 4 heterocycles. The number of hydrogen-bond donors (Lipinski definition) is 0. The first-order valence-electron chi connectivity index (χ1n) is 23.3. The smallest absolute Gasteiger partial charge is 0.164 e. The molecule has 0 amide bonds. The maximum Gasteiger partial charge on any atom is 0.164 e. The molecule has 0 aliphatic carbocycles. The van der Waals surface area contributed by atoms with Crippen LogP contribution in [-0.4, -0.2) is 24.1 Å². The second-order valence-corrected chi connectivity index (χ2v) is 14.8. The van der Waals surface area contributed by atoms with E-state index in [1.165, 1.54) is 4.70 Å². The lowest BCUT2D eigenvalue weighted by Crippen LogP contribution is -2.01. The maximum absolute atomic E-state index is 8.80. The molecule has 0 unspecified atom stereocenters. The molecule has 0 saturated carbocycles. The van der Waals surface area contributed by atoms with E-state index in [-0.39, 0.29) is 28.6 Å². The van der Waals surface area contributed by atoms with Crippen molar-refractivity contribution in [1.29, 1.82) is 0 Å². The summed E-state index contributed by atoms with van der Waals surface area (Å²) >= 11 is 1.74. The van der Waals surface area contributed by atoms with Crippen LogP contribution in [0.4, 0.5) is 0 Å². The molecule has 12 rings (SSSR count). The third-order valence-corrected chi connectivity index (χ3v) is 11.7. The molecule has 0 radical (unpaired) electrons. The Morgan fingerprint density at radius 3 is 1.60 bits per heavy atom. The molecule has 8 aromatic carbocycles. The number of para-hydroxylation sites is 2. The molecule has 12 aromatic rings. The van der Waals surface area contributed by atoms with Crippen molar-refractivity contribution in [3.05, 3.63) is 188 Å². The van der Waals surface area contributed by atoms with Crippen LogP contribution in [0.2, 0.25) is 0 Å². The average Bonchev–Trinajstić information content (AvgIpc) is 4.00. The summed E-state index contributed by atoms with van der Waals surface area (Å²) < 4.78 is 92.1. The number of nitrogens with zero attached hydrogens (tertiary/aromatic N) is 5. The molecule has 57 heavy (non-hydrogen) atoms.